The summed E-state index contributed by atoms with van der Waals surface area (Å²) in [6, 6.07) is 4.45. The predicted octanol–water partition coefficient (Wildman–Crippen LogP) is 2.55. The molecule has 0 spiro atoms. The molecule has 1 aromatic carbocycles. The molecule has 2 rings (SSSR count). The lowest BCUT2D eigenvalue weighted by atomic mass is 9.88. The third-order valence-electron chi connectivity index (χ3n) is 2.96. The van der Waals surface area contributed by atoms with Crippen LogP contribution < -0.4 is 4.74 Å². The first-order valence-corrected chi connectivity index (χ1v) is 6.45. The van der Waals surface area contributed by atoms with E-state index in [0.717, 1.165) is 11.5 Å². The fraction of sp³-hybridized carbons (Fsp3) is 0.500. The smallest absolute Gasteiger partial charge is 0.127 e. The normalized spacial score (nSPS) is 19.4. The Morgan fingerprint density at radius 2 is 2.00 bits per heavy atom. The Balaban J connectivity index is 2.34. The fourth-order valence-corrected chi connectivity index (χ4v) is 3.12. The van der Waals surface area contributed by atoms with E-state index in [2.05, 4.69) is 0 Å². The Morgan fingerprint density at radius 1 is 1.31 bits per heavy atom. The molecule has 0 aromatic heterocycles. The average molecular weight is 242 g/mol. The monoisotopic (exact) mass is 242 g/mol. The number of hydrogen-bond acceptors (Lipinski definition) is 3. The number of benzene rings is 1. The highest BCUT2D eigenvalue weighted by Crippen LogP contribution is 2.37. The van der Waals surface area contributed by atoms with Crippen molar-refractivity contribution in [3.8, 4) is 5.75 Å². The minimum Gasteiger partial charge on any atom is -0.497 e. The van der Waals surface area contributed by atoms with E-state index < -0.39 is 5.60 Å². The van der Waals surface area contributed by atoms with Crippen molar-refractivity contribution in [1.29, 1.82) is 0 Å². The summed E-state index contributed by atoms with van der Waals surface area (Å²) in [5, 5.41) is 10.5. The van der Waals surface area contributed by atoms with Gasteiger partial charge in [0.1, 0.15) is 11.6 Å². The van der Waals surface area contributed by atoms with Gasteiger partial charge in [0.05, 0.1) is 12.7 Å². The molecule has 0 saturated carbocycles. The van der Waals surface area contributed by atoms with E-state index in [0.29, 0.717) is 24.2 Å². The van der Waals surface area contributed by atoms with Gasteiger partial charge in [-0.3, -0.25) is 0 Å². The van der Waals surface area contributed by atoms with Crippen LogP contribution in [-0.2, 0) is 5.60 Å². The summed E-state index contributed by atoms with van der Waals surface area (Å²) >= 11 is 1.82. The second-order valence-electron chi connectivity index (χ2n) is 4.02. The van der Waals surface area contributed by atoms with Crippen LogP contribution >= 0.6 is 11.8 Å². The lowest BCUT2D eigenvalue weighted by Gasteiger charge is -2.32. The lowest BCUT2D eigenvalue weighted by molar-refractivity contribution is 0.0276. The molecule has 0 aliphatic carbocycles. The van der Waals surface area contributed by atoms with E-state index >= 15 is 0 Å². The van der Waals surface area contributed by atoms with Crippen molar-refractivity contribution in [1.82, 2.24) is 0 Å². The van der Waals surface area contributed by atoms with Crippen molar-refractivity contribution in [3.05, 3.63) is 29.6 Å². The summed E-state index contributed by atoms with van der Waals surface area (Å²) in [6.45, 7) is 0. The molecular weight excluding hydrogens is 227 g/mol. The molecule has 0 bridgehead atoms. The molecular formula is C12H15FO2S. The molecule has 1 aromatic rings. The maximum Gasteiger partial charge on any atom is 0.127 e. The van der Waals surface area contributed by atoms with Crippen molar-refractivity contribution < 1.29 is 14.2 Å². The first kappa shape index (κ1) is 11.7. The van der Waals surface area contributed by atoms with E-state index in [4.69, 9.17) is 4.74 Å². The van der Waals surface area contributed by atoms with E-state index in [1.165, 1.54) is 19.2 Å². The van der Waals surface area contributed by atoms with E-state index in [1.807, 2.05) is 11.8 Å². The number of hydrogen-bond donors (Lipinski definition) is 1. The molecule has 1 fully saturated rings. The molecule has 4 heteroatoms. The van der Waals surface area contributed by atoms with Crippen LogP contribution in [0.2, 0.25) is 0 Å². The van der Waals surface area contributed by atoms with Gasteiger partial charge in [-0.2, -0.15) is 11.8 Å². The van der Waals surface area contributed by atoms with Crippen LogP contribution in [-0.4, -0.2) is 23.7 Å². The van der Waals surface area contributed by atoms with Crippen LogP contribution in [0.1, 0.15) is 18.4 Å². The Bertz CT molecular complexity index is 375. The van der Waals surface area contributed by atoms with Gasteiger partial charge in [0.15, 0.2) is 0 Å². The van der Waals surface area contributed by atoms with Gasteiger partial charge in [0, 0.05) is 6.07 Å². The van der Waals surface area contributed by atoms with E-state index in [1.54, 1.807) is 6.07 Å². The minimum atomic E-state index is -0.888. The molecule has 0 amide bonds. The molecule has 88 valence electrons. The predicted molar refractivity (Wildman–Crippen MR) is 63.4 cm³/mol. The lowest BCUT2D eigenvalue weighted by Crippen LogP contribution is -2.30. The molecule has 0 atom stereocenters. The number of methoxy groups -OCH3 is 1. The Labute approximate surface area is 98.8 Å². The summed E-state index contributed by atoms with van der Waals surface area (Å²) in [5.41, 5.74) is -0.259. The molecule has 0 radical (unpaired) electrons. The van der Waals surface area contributed by atoms with Crippen LogP contribution in [0.5, 0.6) is 5.75 Å². The number of thioether (sulfide) groups is 1. The van der Waals surface area contributed by atoms with Gasteiger partial charge in [-0.15, -0.1) is 0 Å². The van der Waals surface area contributed by atoms with Gasteiger partial charge in [0.2, 0.25) is 0 Å². The Kier molecular flexibility index (Phi) is 3.40. The van der Waals surface area contributed by atoms with Crippen molar-refractivity contribution in [2.24, 2.45) is 0 Å². The van der Waals surface area contributed by atoms with Crippen LogP contribution in [0.15, 0.2) is 18.2 Å². The zero-order chi connectivity index (χ0) is 11.6. The number of aliphatic hydroxyl groups is 1. The molecule has 1 aliphatic heterocycles. The first-order valence-electron chi connectivity index (χ1n) is 5.29. The SMILES string of the molecule is COc1cc(F)cc(C2(O)CCSCC2)c1. The highest BCUT2D eigenvalue weighted by atomic mass is 32.2. The van der Waals surface area contributed by atoms with Crippen LogP contribution in [0.4, 0.5) is 4.39 Å². The summed E-state index contributed by atoms with van der Waals surface area (Å²) < 4.78 is 18.4. The maximum atomic E-state index is 13.3. The summed E-state index contributed by atoms with van der Waals surface area (Å²) in [4.78, 5) is 0. The second-order valence-corrected chi connectivity index (χ2v) is 5.25. The molecule has 0 unspecified atom stereocenters. The number of rotatable bonds is 2. The van der Waals surface area contributed by atoms with Crippen LogP contribution in [0, 0.1) is 5.82 Å². The summed E-state index contributed by atoms with van der Waals surface area (Å²) in [6.07, 6.45) is 1.34. The van der Waals surface area contributed by atoms with Crippen molar-refractivity contribution >= 4 is 11.8 Å². The standard InChI is InChI=1S/C12H15FO2S/c1-15-11-7-9(6-10(13)8-11)12(14)2-4-16-5-3-12/h6-8,14H,2-5H2,1H3. The molecule has 1 aliphatic rings. The minimum absolute atomic E-state index is 0.360. The number of halogens is 1. The molecule has 1 saturated heterocycles. The third-order valence-corrected chi connectivity index (χ3v) is 3.95. The Morgan fingerprint density at radius 3 is 2.62 bits per heavy atom. The average Bonchev–Trinajstić information content (AvgIpc) is 2.29. The zero-order valence-electron chi connectivity index (χ0n) is 9.20. The van der Waals surface area contributed by atoms with Gasteiger partial charge in [-0.05, 0) is 42.0 Å². The van der Waals surface area contributed by atoms with Crippen LogP contribution in [0.25, 0.3) is 0 Å². The Hall–Kier alpha value is -0.740. The summed E-state index contributed by atoms with van der Waals surface area (Å²) in [5.74, 6) is 1.92. The second kappa shape index (κ2) is 4.63. The molecule has 1 heterocycles. The number of ether oxygens (including phenoxy) is 1. The highest BCUT2D eigenvalue weighted by Gasteiger charge is 2.32. The maximum absolute atomic E-state index is 13.3. The van der Waals surface area contributed by atoms with Gasteiger partial charge in [0.25, 0.3) is 0 Å². The van der Waals surface area contributed by atoms with Crippen molar-refractivity contribution in [2.45, 2.75) is 18.4 Å². The molecule has 2 nitrogen and oxygen atoms in total. The van der Waals surface area contributed by atoms with Gasteiger partial charge >= 0.3 is 0 Å². The van der Waals surface area contributed by atoms with E-state index in [9.17, 15) is 9.50 Å². The summed E-state index contributed by atoms with van der Waals surface area (Å²) in [7, 11) is 1.50. The van der Waals surface area contributed by atoms with Crippen LogP contribution in [0.3, 0.4) is 0 Å². The van der Waals surface area contributed by atoms with Gasteiger partial charge in [-0.1, -0.05) is 0 Å². The first-order chi connectivity index (χ1) is 7.64. The van der Waals surface area contributed by atoms with Crippen molar-refractivity contribution in [2.75, 3.05) is 18.6 Å². The van der Waals surface area contributed by atoms with E-state index in [-0.39, 0.29) is 5.82 Å². The van der Waals surface area contributed by atoms with Crippen molar-refractivity contribution in [3.63, 3.8) is 0 Å². The third kappa shape index (κ3) is 2.33. The molecule has 1 N–H and O–H groups in total. The fourth-order valence-electron chi connectivity index (χ4n) is 1.95. The largest absolute Gasteiger partial charge is 0.497 e. The van der Waals surface area contributed by atoms with Gasteiger partial charge < -0.3 is 9.84 Å². The molecule has 16 heavy (non-hydrogen) atoms. The highest BCUT2D eigenvalue weighted by molar-refractivity contribution is 7.99. The zero-order valence-corrected chi connectivity index (χ0v) is 10.0. The van der Waals surface area contributed by atoms with Gasteiger partial charge in [-0.25, -0.2) is 4.39 Å². The topological polar surface area (TPSA) is 29.5 Å². The quantitative estimate of drug-likeness (QED) is 0.864.